The van der Waals surface area contributed by atoms with Crippen LogP contribution in [0.25, 0.3) is 11.2 Å². The lowest BCUT2D eigenvalue weighted by molar-refractivity contribution is 0.551. The van der Waals surface area contributed by atoms with Crippen LogP contribution >= 0.6 is 0 Å². The van der Waals surface area contributed by atoms with Gasteiger partial charge in [0.1, 0.15) is 5.82 Å². The normalized spacial score (nSPS) is 10.8. The van der Waals surface area contributed by atoms with Gasteiger partial charge in [0.25, 0.3) is 0 Å². The zero-order chi connectivity index (χ0) is 8.72. The van der Waals surface area contributed by atoms with Crippen molar-refractivity contribution in [2.75, 3.05) is 0 Å². The van der Waals surface area contributed by atoms with E-state index in [0.29, 0.717) is 22.7 Å². The summed E-state index contributed by atoms with van der Waals surface area (Å²) in [5, 5.41) is 0. The summed E-state index contributed by atoms with van der Waals surface area (Å²) < 4.78 is 4.82. The zero-order valence-corrected chi connectivity index (χ0v) is 6.71. The summed E-state index contributed by atoms with van der Waals surface area (Å²) in [6.07, 6.45) is 0. The summed E-state index contributed by atoms with van der Waals surface area (Å²) in [6, 6.07) is 0. The molecule has 2 aromatic rings. The highest BCUT2D eigenvalue weighted by atomic mass is 16.4. The molecule has 0 amide bonds. The van der Waals surface area contributed by atoms with Gasteiger partial charge in [-0.3, -0.25) is 4.98 Å². The third-order valence-electron chi connectivity index (χ3n) is 1.56. The van der Waals surface area contributed by atoms with Crippen molar-refractivity contribution in [2.24, 2.45) is 0 Å². The van der Waals surface area contributed by atoms with Crippen molar-refractivity contribution in [2.45, 2.75) is 13.8 Å². The first-order valence-corrected chi connectivity index (χ1v) is 3.51. The minimum absolute atomic E-state index is 0.436. The molecular weight excluding hydrogens is 158 g/mol. The molecule has 0 bridgehead atoms. The van der Waals surface area contributed by atoms with E-state index in [-0.39, 0.29) is 0 Å². The number of nitrogens with one attached hydrogen (secondary N) is 1. The van der Waals surface area contributed by atoms with Crippen molar-refractivity contribution in [3.8, 4) is 0 Å². The van der Waals surface area contributed by atoms with Crippen LogP contribution in [0, 0.1) is 13.8 Å². The number of rotatable bonds is 0. The van der Waals surface area contributed by atoms with Crippen molar-refractivity contribution in [3.05, 3.63) is 22.1 Å². The number of aromatic amines is 1. The van der Waals surface area contributed by atoms with Crippen molar-refractivity contribution >= 4 is 11.2 Å². The SMILES string of the molecule is Cc1nc(C)c2oc(=O)[nH]c2n1. The predicted molar refractivity (Wildman–Crippen MR) is 41.9 cm³/mol. The first kappa shape index (κ1) is 7.02. The highest BCUT2D eigenvalue weighted by Crippen LogP contribution is 2.09. The lowest BCUT2D eigenvalue weighted by Gasteiger charge is -1.93. The summed E-state index contributed by atoms with van der Waals surface area (Å²) in [4.78, 5) is 21.3. The summed E-state index contributed by atoms with van der Waals surface area (Å²) >= 11 is 0. The first-order valence-electron chi connectivity index (χ1n) is 3.51. The van der Waals surface area contributed by atoms with Crippen LogP contribution in [0.2, 0.25) is 0 Å². The van der Waals surface area contributed by atoms with Gasteiger partial charge in [0.2, 0.25) is 0 Å². The molecule has 0 spiro atoms. The lowest BCUT2D eigenvalue weighted by Crippen LogP contribution is -1.94. The minimum Gasteiger partial charge on any atom is -0.404 e. The lowest BCUT2D eigenvalue weighted by atomic mass is 10.4. The van der Waals surface area contributed by atoms with E-state index in [1.807, 2.05) is 0 Å². The maximum Gasteiger partial charge on any atom is 0.418 e. The molecule has 0 aliphatic rings. The largest absolute Gasteiger partial charge is 0.418 e. The Labute approximate surface area is 67.5 Å². The van der Waals surface area contributed by atoms with Gasteiger partial charge < -0.3 is 4.42 Å². The van der Waals surface area contributed by atoms with Gasteiger partial charge in [-0.1, -0.05) is 0 Å². The van der Waals surface area contributed by atoms with Crippen LogP contribution < -0.4 is 5.76 Å². The third-order valence-corrected chi connectivity index (χ3v) is 1.56. The summed E-state index contributed by atoms with van der Waals surface area (Å²) in [6.45, 7) is 3.53. The van der Waals surface area contributed by atoms with Crippen LogP contribution in [0.3, 0.4) is 0 Å². The topological polar surface area (TPSA) is 71.8 Å². The first-order chi connectivity index (χ1) is 5.66. The van der Waals surface area contributed by atoms with Gasteiger partial charge in [-0.25, -0.2) is 14.8 Å². The second-order valence-corrected chi connectivity index (χ2v) is 2.55. The van der Waals surface area contributed by atoms with Crippen molar-refractivity contribution in [1.29, 1.82) is 0 Å². The molecule has 0 saturated carbocycles. The molecule has 5 heteroatoms. The van der Waals surface area contributed by atoms with E-state index in [1.165, 1.54) is 0 Å². The van der Waals surface area contributed by atoms with Crippen LogP contribution in [0.4, 0.5) is 0 Å². The van der Waals surface area contributed by atoms with Gasteiger partial charge in [-0.2, -0.15) is 0 Å². The second kappa shape index (κ2) is 2.17. The summed E-state index contributed by atoms with van der Waals surface area (Å²) in [5.41, 5.74) is 1.58. The quantitative estimate of drug-likeness (QED) is 0.618. The molecule has 0 aliphatic heterocycles. The Morgan fingerprint density at radius 2 is 2.08 bits per heavy atom. The predicted octanol–water partition coefficient (Wildman–Crippen LogP) is 0.528. The second-order valence-electron chi connectivity index (χ2n) is 2.55. The monoisotopic (exact) mass is 165 g/mol. The maximum atomic E-state index is 10.8. The summed E-state index contributed by atoms with van der Waals surface area (Å²) in [7, 11) is 0. The van der Waals surface area contributed by atoms with E-state index >= 15 is 0 Å². The Morgan fingerprint density at radius 3 is 2.83 bits per heavy atom. The van der Waals surface area contributed by atoms with E-state index in [0.717, 1.165) is 0 Å². The number of nitrogens with zero attached hydrogens (tertiary/aromatic N) is 2. The number of hydrogen-bond donors (Lipinski definition) is 1. The average molecular weight is 165 g/mol. The highest BCUT2D eigenvalue weighted by Gasteiger charge is 2.06. The van der Waals surface area contributed by atoms with Gasteiger partial charge in [-0.05, 0) is 13.8 Å². The van der Waals surface area contributed by atoms with E-state index in [2.05, 4.69) is 15.0 Å². The molecule has 0 aliphatic carbocycles. The van der Waals surface area contributed by atoms with Crippen LogP contribution in [0.5, 0.6) is 0 Å². The van der Waals surface area contributed by atoms with Gasteiger partial charge in [0, 0.05) is 0 Å². The van der Waals surface area contributed by atoms with E-state index in [4.69, 9.17) is 4.42 Å². The Balaban J connectivity index is 2.97. The van der Waals surface area contributed by atoms with Crippen molar-refractivity contribution in [3.63, 3.8) is 0 Å². The molecule has 5 nitrogen and oxygen atoms in total. The molecule has 62 valence electrons. The Bertz CT molecular complexity index is 483. The fourth-order valence-electron chi connectivity index (χ4n) is 1.12. The van der Waals surface area contributed by atoms with Gasteiger partial charge >= 0.3 is 5.76 Å². The number of H-pyrrole nitrogens is 1. The zero-order valence-electron chi connectivity index (χ0n) is 6.71. The fourth-order valence-corrected chi connectivity index (χ4v) is 1.12. The smallest absolute Gasteiger partial charge is 0.404 e. The Morgan fingerprint density at radius 1 is 1.33 bits per heavy atom. The van der Waals surface area contributed by atoms with Crippen LogP contribution in [-0.2, 0) is 0 Å². The molecule has 12 heavy (non-hydrogen) atoms. The maximum absolute atomic E-state index is 10.8. The molecule has 0 unspecified atom stereocenters. The molecule has 0 fully saturated rings. The Kier molecular flexibility index (Phi) is 1.27. The fraction of sp³-hybridized carbons (Fsp3) is 0.286. The molecule has 1 N–H and O–H groups in total. The number of aryl methyl sites for hydroxylation is 2. The molecule has 0 atom stereocenters. The molecule has 2 heterocycles. The minimum atomic E-state index is -0.493. The average Bonchev–Trinajstić information content (AvgIpc) is 2.29. The summed E-state index contributed by atoms with van der Waals surface area (Å²) in [5.74, 6) is 0.130. The standard InChI is InChI=1S/C7H7N3O2/c1-3-5-6(9-4(2)8-3)10-7(11)12-5/h1-2H3,(H,8,9,10,11). The number of fused-ring (bicyclic) bond motifs is 1. The van der Waals surface area contributed by atoms with E-state index in [1.54, 1.807) is 13.8 Å². The van der Waals surface area contributed by atoms with Crippen LogP contribution in [-0.4, -0.2) is 15.0 Å². The molecule has 0 radical (unpaired) electrons. The van der Waals surface area contributed by atoms with E-state index in [9.17, 15) is 4.79 Å². The number of oxazole rings is 1. The third kappa shape index (κ3) is 0.903. The highest BCUT2D eigenvalue weighted by molar-refractivity contribution is 5.69. The van der Waals surface area contributed by atoms with Crippen LogP contribution in [0.1, 0.15) is 11.5 Å². The number of aromatic nitrogens is 3. The van der Waals surface area contributed by atoms with Gasteiger partial charge in [-0.15, -0.1) is 0 Å². The molecule has 0 saturated heterocycles. The molecule has 2 aromatic heterocycles. The van der Waals surface area contributed by atoms with Crippen molar-refractivity contribution < 1.29 is 4.42 Å². The number of hydrogen-bond acceptors (Lipinski definition) is 4. The van der Waals surface area contributed by atoms with E-state index < -0.39 is 5.76 Å². The molecule has 0 aromatic carbocycles. The van der Waals surface area contributed by atoms with Crippen LogP contribution in [0.15, 0.2) is 9.21 Å². The van der Waals surface area contributed by atoms with Gasteiger partial charge in [0.05, 0.1) is 5.69 Å². The Hall–Kier alpha value is -1.65. The van der Waals surface area contributed by atoms with Gasteiger partial charge in [0.15, 0.2) is 11.2 Å². The molecular formula is C7H7N3O2. The van der Waals surface area contributed by atoms with Crippen molar-refractivity contribution in [1.82, 2.24) is 15.0 Å². The molecule has 2 rings (SSSR count).